The van der Waals surface area contributed by atoms with Crippen molar-refractivity contribution in [1.82, 2.24) is 9.66 Å². The number of fused-ring (bicyclic) bond motifs is 1. The fraction of sp³-hybridized carbons (Fsp3) is 0.192. The van der Waals surface area contributed by atoms with E-state index in [1.165, 1.54) is 31.2 Å². The molecule has 7 nitrogen and oxygen atoms in total. The van der Waals surface area contributed by atoms with E-state index in [9.17, 15) is 9.18 Å². The highest BCUT2D eigenvalue weighted by Crippen LogP contribution is 2.38. The molecule has 1 aromatic heterocycles. The van der Waals surface area contributed by atoms with Crippen molar-refractivity contribution in [2.45, 2.75) is 20.0 Å². The number of hydrogen-bond donors (Lipinski definition) is 0. The van der Waals surface area contributed by atoms with Crippen LogP contribution in [-0.2, 0) is 13.0 Å². The van der Waals surface area contributed by atoms with E-state index >= 15 is 0 Å². The van der Waals surface area contributed by atoms with Gasteiger partial charge in [-0.15, -0.1) is 0 Å². The van der Waals surface area contributed by atoms with Gasteiger partial charge in [0.1, 0.15) is 18.2 Å². The van der Waals surface area contributed by atoms with Gasteiger partial charge < -0.3 is 14.2 Å². The van der Waals surface area contributed by atoms with Gasteiger partial charge in [-0.2, -0.15) is 9.78 Å². The Bertz CT molecular complexity index is 1440. The molecule has 0 radical (unpaired) electrons. The smallest absolute Gasteiger partial charge is 0.282 e. The number of hydrogen-bond acceptors (Lipinski definition) is 6. The molecule has 0 spiro atoms. The molecule has 0 unspecified atom stereocenters. The van der Waals surface area contributed by atoms with Crippen LogP contribution in [0.1, 0.15) is 23.9 Å². The van der Waals surface area contributed by atoms with Crippen LogP contribution < -0.4 is 19.8 Å². The van der Waals surface area contributed by atoms with Crippen LogP contribution in [0.15, 0.2) is 69.0 Å². The standard InChI is InChI=1S/C26H23BrFN3O4/c1-4-24-30-21-10-9-18(27)13-19(21)26(32)31(24)29-14-16-11-22(33-2)25(23(12-16)34-3)35-15-17-7-5-6-8-20(17)28/h5-14H,4,15H2,1-3H3. The van der Waals surface area contributed by atoms with Crippen molar-refractivity contribution < 1.29 is 18.6 Å². The zero-order chi connectivity index (χ0) is 24.9. The minimum Gasteiger partial charge on any atom is -0.493 e. The molecule has 4 aromatic rings. The SMILES string of the molecule is CCc1nc2ccc(Br)cc2c(=O)n1N=Cc1cc(OC)c(OCc2ccccc2F)c(OC)c1. The maximum Gasteiger partial charge on any atom is 0.282 e. The van der Waals surface area contributed by atoms with Crippen molar-refractivity contribution in [3.05, 3.63) is 92.2 Å². The molecular weight excluding hydrogens is 517 g/mol. The van der Waals surface area contributed by atoms with Crippen LogP contribution >= 0.6 is 15.9 Å². The molecule has 0 bridgehead atoms. The maximum atomic E-state index is 14.0. The van der Waals surface area contributed by atoms with Crippen molar-refractivity contribution >= 4 is 33.0 Å². The van der Waals surface area contributed by atoms with E-state index in [1.807, 2.05) is 13.0 Å². The van der Waals surface area contributed by atoms with Gasteiger partial charge in [0.05, 0.1) is 31.3 Å². The maximum absolute atomic E-state index is 14.0. The molecule has 3 aromatic carbocycles. The third kappa shape index (κ3) is 5.19. The first-order chi connectivity index (χ1) is 16.9. The van der Waals surface area contributed by atoms with Crippen molar-refractivity contribution in [1.29, 1.82) is 0 Å². The van der Waals surface area contributed by atoms with Gasteiger partial charge in [-0.3, -0.25) is 4.79 Å². The van der Waals surface area contributed by atoms with Crippen LogP contribution in [0.5, 0.6) is 17.2 Å². The topological polar surface area (TPSA) is 74.9 Å². The molecule has 0 saturated heterocycles. The summed E-state index contributed by atoms with van der Waals surface area (Å²) in [5, 5.41) is 4.87. The van der Waals surface area contributed by atoms with Crippen molar-refractivity contribution in [2.24, 2.45) is 5.10 Å². The quantitative estimate of drug-likeness (QED) is 0.282. The molecule has 4 rings (SSSR count). The van der Waals surface area contributed by atoms with E-state index in [1.54, 1.807) is 42.5 Å². The van der Waals surface area contributed by atoms with Gasteiger partial charge in [-0.1, -0.05) is 41.1 Å². The zero-order valence-corrected chi connectivity index (χ0v) is 21.0. The van der Waals surface area contributed by atoms with Crippen molar-refractivity contribution in [3.8, 4) is 17.2 Å². The predicted molar refractivity (Wildman–Crippen MR) is 136 cm³/mol. The average molecular weight is 540 g/mol. The highest BCUT2D eigenvalue weighted by atomic mass is 79.9. The second-order valence-corrected chi connectivity index (χ2v) is 8.45. The summed E-state index contributed by atoms with van der Waals surface area (Å²) in [6.07, 6.45) is 2.05. The summed E-state index contributed by atoms with van der Waals surface area (Å²) < 4.78 is 32.9. The molecule has 0 N–H and O–H groups in total. The molecule has 35 heavy (non-hydrogen) atoms. The van der Waals surface area contributed by atoms with E-state index in [4.69, 9.17) is 14.2 Å². The fourth-order valence-corrected chi connectivity index (χ4v) is 3.91. The molecule has 0 atom stereocenters. The number of nitrogens with zero attached hydrogens (tertiary/aromatic N) is 3. The molecule has 0 aliphatic carbocycles. The average Bonchev–Trinajstić information content (AvgIpc) is 2.87. The summed E-state index contributed by atoms with van der Waals surface area (Å²) in [5.41, 5.74) is 1.36. The first-order valence-corrected chi connectivity index (χ1v) is 11.6. The molecule has 0 amide bonds. The van der Waals surface area contributed by atoms with Crippen LogP contribution in [0.2, 0.25) is 0 Å². The first-order valence-electron chi connectivity index (χ1n) is 10.8. The van der Waals surface area contributed by atoms with E-state index in [-0.39, 0.29) is 18.0 Å². The van der Waals surface area contributed by atoms with Crippen LogP contribution in [0.3, 0.4) is 0 Å². The van der Waals surface area contributed by atoms with E-state index in [0.29, 0.717) is 51.5 Å². The van der Waals surface area contributed by atoms with Gasteiger partial charge in [-0.25, -0.2) is 9.37 Å². The lowest BCUT2D eigenvalue weighted by Gasteiger charge is -2.15. The van der Waals surface area contributed by atoms with E-state index < -0.39 is 0 Å². The number of halogens is 2. The summed E-state index contributed by atoms with van der Waals surface area (Å²) in [6.45, 7) is 1.91. The third-order valence-corrected chi connectivity index (χ3v) is 5.82. The lowest BCUT2D eigenvalue weighted by Crippen LogP contribution is -2.22. The lowest BCUT2D eigenvalue weighted by molar-refractivity contribution is 0.262. The first kappa shape index (κ1) is 24.4. The zero-order valence-electron chi connectivity index (χ0n) is 19.4. The molecule has 0 fully saturated rings. The predicted octanol–water partition coefficient (Wildman–Crippen LogP) is 5.34. The van der Waals surface area contributed by atoms with E-state index in [0.717, 1.165) is 4.47 Å². The Morgan fingerprint density at radius 2 is 1.80 bits per heavy atom. The number of methoxy groups -OCH3 is 2. The van der Waals surface area contributed by atoms with Crippen LogP contribution in [-0.4, -0.2) is 30.1 Å². The largest absolute Gasteiger partial charge is 0.493 e. The minimum absolute atomic E-state index is 0.000398. The van der Waals surface area contributed by atoms with Crippen LogP contribution in [0.4, 0.5) is 4.39 Å². The highest BCUT2D eigenvalue weighted by Gasteiger charge is 2.15. The van der Waals surface area contributed by atoms with Gasteiger partial charge >= 0.3 is 0 Å². The van der Waals surface area contributed by atoms with Gasteiger partial charge in [0.2, 0.25) is 5.75 Å². The number of aryl methyl sites for hydroxylation is 1. The van der Waals surface area contributed by atoms with Gasteiger partial charge in [0.25, 0.3) is 5.56 Å². The van der Waals surface area contributed by atoms with Crippen LogP contribution in [0, 0.1) is 5.82 Å². The Kier molecular flexibility index (Phi) is 7.45. The lowest BCUT2D eigenvalue weighted by atomic mass is 10.2. The Hall–Kier alpha value is -3.72. The number of benzene rings is 3. The molecule has 0 saturated carbocycles. The number of aromatic nitrogens is 2. The van der Waals surface area contributed by atoms with Crippen molar-refractivity contribution in [2.75, 3.05) is 14.2 Å². The summed E-state index contributed by atoms with van der Waals surface area (Å²) in [7, 11) is 2.99. The normalized spacial score (nSPS) is 11.2. The molecule has 9 heteroatoms. The van der Waals surface area contributed by atoms with Crippen LogP contribution in [0.25, 0.3) is 10.9 Å². The minimum atomic E-state index is -0.359. The van der Waals surface area contributed by atoms with Crippen molar-refractivity contribution in [3.63, 3.8) is 0 Å². The molecule has 1 heterocycles. The monoisotopic (exact) mass is 539 g/mol. The summed E-state index contributed by atoms with van der Waals surface area (Å²) in [5.74, 6) is 1.27. The molecule has 0 aliphatic rings. The summed E-state index contributed by atoms with van der Waals surface area (Å²) in [6, 6.07) is 15.1. The van der Waals surface area contributed by atoms with E-state index in [2.05, 4.69) is 26.0 Å². The second-order valence-electron chi connectivity index (χ2n) is 7.54. The van der Waals surface area contributed by atoms with Gasteiger partial charge in [0, 0.05) is 22.0 Å². The Balaban J connectivity index is 1.70. The Labute approximate surface area is 209 Å². The Morgan fingerprint density at radius 1 is 1.09 bits per heavy atom. The fourth-order valence-electron chi connectivity index (χ4n) is 3.55. The van der Waals surface area contributed by atoms with Gasteiger partial charge in [0.15, 0.2) is 11.5 Å². The molecule has 180 valence electrons. The summed E-state index contributed by atoms with van der Waals surface area (Å²) >= 11 is 3.40. The molecular formula is C26H23BrFN3O4. The number of ether oxygens (including phenoxy) is 3. The van der Waals surface area contributed by atoms with Gasteiger partial charge in [-0.05, 0) is 36.4 Å². The number of rotatable bonds is 8. The molecule has 0 aliphatic heterocycles. The summed E-state index contributed by atoms with van der Waals surface area (Å²) in [4.78, 5) is 17.7. The third-order valence-electron chi connectivity index (χ3n) is 5.33. The highest BCUT2D eigenvalue weighted by molar-refractivity contribution is 9.10. The second kappa shape index (κ2) is 10.7. The Morgan fingerprint density at radius 3 is 2.46 bits per heavy atom.